The first-order chi connectivity index (χ1) is 17.2. The Morgan fingerprint density at radius 2 is 2.03 bits per heavy atom. The van der Waals surface area contributed by atoms with Crippen molar-refractivity contribution >= 4 is 34.1 Å². The fourth-order valence-corrected chi connectivity index (χ4v) is 5.06. The number of ether oxygens (including phenoxy) is 1. The molecule has 1 aliphatic carbocycles. The van der Waals surface area contributed by atoms with Crippen LogP contribution in [0.4, 0.5) is 5.82 Å². The van der Waals surface area contributed by atoms with Gasteiger partial charge in [-0.25, -0.2) is 15.0 Å². The van der Waals surface area contributed by atoms with Crippen molar-refractivity contribution in [2.24, 2.45) is 0 Å². The molecule has 0 saturated carbocycles. The fourth-order valence-electron chi connectivity index (χ4n) is 5.06. The number of hydrogen-bond acceptors (Lipinski definition) is 7. The summed E-state index contributed by atoms with van der Waals surface area (Å²) in [6.07, 6.45) is 9.65. The topological polar surface area (TPSA) is 67.5 Å². The van der Waals surface area contributed by atoms with Crippen molar-refractivity contribution in [1.82, 2.24) is 19.9 Å². The molecule has 0 N–H and O–H groups in total. The summed E-state index contributed by atoms with van der Waals surface area (Å²) in [5.41, 5.74) is 6.90. The quantitative estimate of drug-likeness (QED) is 0.374. The molecule has 4 aromatic rings. The predicted octanol–water partition coefficient (Wildman–Crippen LogP) is 5.08. The van der Waals surface area contributed by atoms with Gasteiger partial charge in [0.2, 0.25) is 5.71 Å². The van der Waals surface area contributed by atoms with Gasteiger partial charge in [0.1, 0.15) is 5.52 Å². The molecule has 1 aromatic carbocycles. The minimum absolute atomic E-state index is 0.610. The lowest BCUT2D eigenvalue weighted by Crippen LogP contribution is -2.37. The molecular formula is C28H31N5O2. The minimum Gasteiger partial charge on any atom is -0.432 e. The van der Waals surface area contributed by atoms with E-state index in [-0.39, 0.29) is 0 Å². The molecule has 0 radical (unpaired) electrons. The maximum absolute atomic E-state index is 6.30. The molecule has 1 aliphatic heterocycles. The fraction of sp³-hybridized carbons (Fsp3) is 0.393. The highest BCUT2D eigenvalue weighted by Crippen LogP contribution is 2.37. The van der Waals surface area contributed by atoms with Gasteiger partial charge in [-0.1, -0.05) is 43.7 Å². The number of anilines is 1. The van der Waals surface area contributed by atoms with E-state index in [2.05, 4.69) is 65.2 Å². The first kappa shape index (κ1) is 22.2. The van der Waals surface area contributed by atoms with Gasteiger partial charge < -0.3 is 19.0 Å². The highest BCUT2D eigenvalue weighted by molar-refractivity contribution is 6.05. The van der Waals surface area contributed by atoms with Crippen LogP contribution in [0.3, 0.4) is 0 Å². The average molecular weight is 470 g/mol. The van der Waals surface area contributed by atoms with Gasteiger partial charge in [0.15, 0.2) is 17.2 Å². The van der Waals surface area contributed by atoms with E-state index in [9.17, 15) is 0 Å². The van der Waals surface area contributed by atoms with Gasteiger partial charge in [0.25, 0.3) is 0 Å². The van der Waals surface area contributed by atoms with Gasteiger partial charge in [0.05, 0.1) is 18.6 Å². The van der Waals surface area contributed by atoms with Crippen molar-refractivity contribution in [1.29, 1.82) is 0 Å². The van der Waals surface area contributed by atoms with E-state index >= 15 is 0 Å². The van der Waals surface area contributed by atoms with Gasteiger partial charge in [-0.2, -0.15) is 0 Å². The second-order valence-corrected chi connectivity index (χ2v) is 9.52. The number of unbranched alkanes of at least 4 members (excludes halogenated alkanes) is 1. The molecular weight excluding hydrogens is 438 g/mol. The molecule has 3 aromatic heterocycles. The standard InChI is InChI=1S/C28H31N5O2/c1-3-4-11-32(2)18-19-16-23-24-25(35-28(23)29-17-19)27(33-12-14-34-15-13-33)31-26(30-24)22-10-6-8-20-7-5-9-21(20)22/h5-6,8-10,16-17H,3-4,7,11-15,18H2,1-2H3. The van der Waals surface area contributed by atoms with Crippen LogP contribution in [0.25, 0.3) is 39.7 Å². The van der Waals surface area contributed by atoms with Crippen LogP contribution in [0, 0.1) is 0 Å². The smallest absolute Gasteiger partial charge is 0.229 e. The average Bonchev–Trinajstić information content (AvgIpc) is 3.52. The number of morpholine rings is 1. The van der Waals surface area contributed by atoms with E-state index < -0.39 is 0 Å². The summed E-state index contributed by atoms with van der Waals surface area (Å²) in [5, 5.41) is 0.947. The number of hydrogen-bond donors (Lipinski definition) is 0. The molecule has 6 rings (SSSR count). The number of furan rings is 1. The normalized spacial score (nSPS) is 15.6. The van der Waals surface area contributed by atoms with E-state index in [4.69, 9.17) is 19.1 Å². The number of allylic oxidation sites excluding steroid dienone is 1. The Bertz CT molecular complexity index is 1400. The van der Waals surface area contributed by atoms with E-state index in [0.29, 0.717) is 24.5 Å². The van der Waals surface area contributed by atoms with Crippen molar-refractivity contribution < 1.29 is 9.15 Å². The Kier molecular flexibility index (Phi) is 5.96. The molecule has 7 nitrogen and oxygen atoms in total. The third-order valence-electron chi connectivity index (χ3n) is 6.93. The molecule has 1 fully saturated rings. The van der Waals surface area contributed by atoms with Crippen molar-refractivity contribution in [3.05, 3.63) is 53.2 Å². The molecule has 7 heteroatoms. The Balaban J connectivity index is 1.51. The van der Waals surface area contributed by atoms with Gasteiger partial charge in [-0.15, -0.1) is 0 Å². The van der Waals surface area contributed by atoms with Gasteiger partial charge in [-0.3, -0.25) is 0 Å². The first-order valence-electron chi connectivity index (χ1n) is 12.6. The molecule has 1 saturated heterocycles. The van der Waals surface area contributed by atoms with Crippen molar-refractivity contribution in [2.75, 3.05) is 44.8 Å². The lowest BCUT2D eigenvalue weighted by Gasteiger charge is -2.27. The molecule has 0 atom stereocenters. The lowest BCUT2D eigenvalue weighted by molar-refractivity contribution is 0.122. The zero-order chi connectivity index (χ0) is 23.8. The second kappa shape index (κ2) is 9.40. The van der Waals surface area contributed by atoms with E-state index in [0.717, 1.165) is 66.3 Å². The Labute approximate surface area is 205 Å². The van der Waals surface area contributed by atoms with Crippen molar-refractivity contribution in [2.45, 2.75) is 32.7 Å². The largest absolute Gasteiger partial charge is 0.432 e. The van der Waals surface area contributed by atoms with Crippen molar-refractivity contribution in [3.63, 3.8) is 0 Å². The third kappa shape index (κ3) is 4.19. The van der Waals surface area contributed by atoms with Crippen LogP contribution in [0.1, 0.15) is 36.5 Å². The van der Waals surface area contributed by atoms with E-state index in [1.807, 2.05) is 6.20 Å². The zero-order valence-electron chi connectivity index (χ0n) is 20.5. The number of aromatic nitrogens is 3. The van der Waals surface area contributed by atoms with Crippen LogP contribution in [-0.4, -0.2) is 59.7 Å². The lowest BCUT2D eigenvalue weighted by atomic mass is 10.0. The van der Waals surface area contributed by atoms with Crippen LogP contribution in [0.2, 0.25) is 0 Å². The van der Waals surface area contributed by atoms with Crippen LogP contribution >= 0.6 is 0 Å². The van der Waals surface area contributed by atoms with E-state index in [1.54, 1.807) is 0 Å². The number of benzene rings is 1. The molecule has 0 bridgehead atoms. The van der Waals surface area contributed by atoms with Crippen LogP contribution in [0.15, 0.2) is 41.0 Å². The second-order valence-electron chi connectivity index (χ2n) is 9.52. The van der Waals surface area contributed by atoms with Crippen LogP contribution < -0.4 is 4.90 Å². The maximum atomic E-state index is 6.30. The zero-order valence-corrected chi connectivity index (χ0v) is 20.5. The summed E-state index contributed by atoms with van der Waals surface area (Å²) in [5.74, 6) is 1.56. The highest BCUT2D eigenvalue weighted by atomic mass is 16.5. The summed E-state index contributed by atoms with van der Waals surface area (Å²) in [4.78, 5) is 19.4. The first-order valence-corrected chi connectivity index (χ1v) is 12.6. The molecule has 4 heterocycles. The number of rotatable bonds is 7. The summed E-state index contributed by atoms with van der Waals surface area (Å²) < 4.78 is 11.9. The Hall–Kier alpha value is -3.29. The van der Waals surface area contributed by atoms with Crippen molar-refractivity contribution in [3.8, 4) is 11.4 Å². The summed E-state index contributed by atoms with van der Waals surface area (Å²) in [6, 6.07) is 8.58. The minimum atomic E-state index is 0.610. The van der Waals surface area contributed by atoms with Gasteiger partial charge in [0, 0.05) is 31.4 Å². The monoisotopic (exact) mass is 469 g/mol. The highest BCUT2D eigenvalue weighted by Gasteiger charge is 2.24. The van der Waals surface area contributed by atoms with E-state index in [1.165, 1.54) is 24.0 Å². The van der Waals surface area contributed by atoms with Crippen LogP contribution in [0.5, 0.6) is 0 Å². The SMILES string of the molecule is CCCCN(C)Cc1cnc2oc3c(N4CCOCC4)nc(-c4cccc5c4C=CC5)nc3c2c1. The molecule has 180 valence electrons. The molecule has 35 heavy (non-hydrogen) atoms. The maximum Gasteiger partial charge on any atom is 0.229 e. The number of pyridine rings is 1. The number of fused-ring (bicyclic) bond motifs is 4. The van der Waals surface area contributed by atoms with Gasteiger partial charge in [-0.05, 0) is 49.2 Å². The Morgan fingerprint density at radius 3 is 2.89 bits per heavy atom. The number of nitrogens with zero attached hydrogens (tertiary/aromatic N) is 5. The van der Waals surface area contributed by atoms with Crippen LogP contribution in [-0.2, 0) is 17.7 Å². The summed E-state index contributed by atoms with van der Waals surface area (Å²) >= 11 is 0. The molecule has 0 amide bonds. The summed E-state index contributed by atoms with van der Waals surface area (Å²) in [6.45, 7) is 7.04. The molecule has 2 aliphatic rings. The van der Waals surface area contributed by atoms with Gasteiger partial charge >= 0.3 is 0 Å². The predicted molar refractivity (Wildman–Crippen MR) is 140 cm³/mol. The summed E-state index contributed by atoms with van der Waals surface area (Å²) in [7, 11) is 2.16. The third-order valence-corrected chi connectivity index (χ3v) is 6.93. The molecule has 0 unspecified atom stereocenters. The Morgan fingerprint density at radius 1 is 1.14 bits per heavy atom. The molecule has 0 spiro atoms.